The summed E-state index contributed by atoms with van der Waals surface area (Å²) in [6.45, 7) is 7.70. The molecule has 20 heavy (non-hydrogen) atoms. The standard InChI is InChI=1S/C14H27N3O3/c1-14(2,3)13-10(5-4-6-20-13)8-16-12(19)9-17-11(18)7-15/h10,13H,4-9,15H2,1-3H3,(H,16,19)(H,17,18). The number of nitrogens with one attached hydrogen (secondary N) is 2. The van der Waals surface area contributed by atoms with Crippen molar-refractivity contribution in [3.8, 4) is 0 Å². The van der Waals surface area contributed by atoms with Crippen LogP contribution in [0, 0.1) is 11.3 Å². The minimum atomic E-state index is -0.325. The first-order valence-electron chi connectivity index (χ1n) is 7.19. The second-order valence-electron chi connectivity index (χ2n) is 6.34. The zero-order chi connectivity index (χ0) is 15.2. The van der Waals surface area contributed by atoms with Crippen molar-refractivity contribution in [1.29, 1.82) is 0 Å². The number of hydrogen-bond acceptors (Lipinski definition) is 4. The van der Waals surface area contributed by atoms with Gasteiger partial charge in [-0.2, -0.15) is 0 Å². The Labute approximate surface area is 120 Å². The Morgan fingerprint density at radius 1 is 1.25 bits per heavy atom. The molecule has 6 nitrogen and oxygen atoms in total. The third kappa shape index (κ3) is 5.46. The Balaban J connectivity index is 2.38. The summed E-state index contributed by atoms with van der Waals surface area (Å²) in [4.78, 5) is 22.6. The summed E-state index contributed by atoms with van der Waals surface area (Å²) in [6, 6.07) is 0. The lowest BCUT2D eigenvalue weighted by molar-refractivity contribution is -0.126. The van der Waals surface area contributed by atoms with Crippen LogP contribution in [0.2, 0.25) is 0 Å². The van der Waals surface area contributed by atoms with Gasteiger partial charge in [0.15, 0.2) is 0 Å². The van der Waals surface area contributed by atoms with Gasteiger partial charge in [-0.25, -0.2) is 0 Å². The van der Waals surface area contributed by atoms with E-state index < -0.39 is 0 Å². The molecule has 1 heterocycles. The van der Waals surface area contributed by atoms with E-state index in [9.17, 15) is 9.59 Å². The molecular weight excluding hydrogens is 258 g/mol. The van der Waals surface area contributed by atoms with Crippen LogP contribution in [0.4, 0.5) is 0 Å². The smallest absolute Gasteiger partial charge is 0.239 e. The Hall–Kier alpha value is -1.14. The van der Waals surface area contributed by atoms with Crippen molar-refractivity contribution in [2.24, 2.45) is 17.1 Å². The zero-order valence-electron chi connectivity index (χ0n) is 12.7. The average Bonchev–Trinajstić information content (AvgIpc) is 2.41. The van der Waals surface area contributed by atoms with E-state index in [1.807, 2.05) is 0 Å². The van der Waals surface area contributed by atoms with Gasteiger partial charge in [0.2, 0.25) is 11.8 Å². The largest absolute Gasteiger partial charge is 0.377 e. The molecule has 0 spiro atoms. The maximum Gasteiger partial charge on any atom is 0.239 e. The van der Waals surface area contributed by atoms with Gasteiger partial charge < -0.3 is 21.1 Å². The number of rotatable bonds is 5. The predicted molar refractivity (Wildman–Crippen MR) is 77.0 cm³/mol. The second-order valence-corrected chi connectivity index (χ2v) is 6.34. The van der Waals surface area contributed by atoms with E-state index in [0.717, 1.165) is 19.4 Å². The molecule has 1 saturated heterocycles. The SMILES string of the molecule is CC(C)(C)C1OCCCC1CNC(=O)CNC(=O)CN. The van der Waals surface area contributed by atoms with Crippen molar-refractivity contribution in [3.63, 3.8) is 0 Å². The van der Waals surface area contributed by atoms with Crippen LogP contribution in [-0.4, -0.2) is 44.2 Å². The summed E-state index contributed by atoms with van der Waals surface area (Å²) in [5.74, 6) is -0.198. The Morgan fingerprint density at radius 2 is 1.95 bits per heavy atom. The molecule has 116 valence electrons. The highest BCUT2D eigenvalue weighted by Crippen LogP contribution is 2.33. The molecule has 1 aliphatic heterocycles. The number of carbonyl (C=O) groups excluding carboxylic acids is 2. The van der Waals surface area contributed by atoms with Gasteiger partial charge in [0, 0.05) is 19.1 Å². The van der Waals surface area contributed by atoms with E-state index in [2.05, 4.69) is 31.4 Å². The van der Waals surface area contributed by atoms with Crippen LogP contribution in [-0.2, 0) is 14.3 Å². The maximum absolute atomic E-state index is 11.7. The molecule has 2 unspecified atom stereocenters. The number of nitrogens with two attached hydrogens (primary N) is 1. The van der Waals surface area contributed by atoms with Crippen LogP contribution < -0.4 is 16.4 Å². The quantitative estimate of drug-likeness (QED) is 0.664. The van der Waals surface area contributed by atoms with E-state index in [1.165, 1.54) is 0 Å². The Morgan fingerprint density at radius 3 is 2.55 bits per heavy atom. The van der Waals surface area contributed by atoms with E-state index in [0.29, 0.717) is 12.5 Å². The highest BCUT2D eigenvalue weighted by atomic mass is 16.5. The maximum atomic E-state index is 11.7. The van der Waals surface area contributed by atoms with Gasteiger partial charge in [0.1, 0.15) is 0 Å². The van der Waals surface area contributed by atoms with E-state index in [4.69, 9.17) is 10.5 Å². The first kappa shape index (κ1) is 16.9. The van der Waals surface area contributed by atoms with Crippen LogP contribution >= 0.6 is 0 Å². The lowest BCUT2D eigenvalue weighted by Crippen LogP contribution is -2.47. The topological polar surface area (TPSA) is 93.5 Å². The summed E-state index contributed by atoms with van der Waals surface area (Å²) < 4.78 is 5.87. The molecule has 1 aliphatic rings. The van der Waals surface area contributed by atoms with Gasteiger partial charge in [-0.15, -0.1) is 0 Å². The number of amides is 2. The monoisotopic (exact) mass is 285 g/mol. The van der Waals surface area contributed by atoms with E-state index in [-0.39, 0.29) is 36.4 Å². The molecule has 0 saturated carbocycles. The zero-order valence-corrected chi connectivity index (χ0v) is 12.7. The third-order valence-electron chi connectivity index (χ3n) is 3.49. The minimum Gasteiger partial charge on any atom is -0.377 e. The summed E-state index contributed by atoms with van der Waals surface area (Å²) in [5, 5.41) is 5.31. The summed E-state index contributed by atoms with van der Waals surface area (Å²) in [5.41, 5.74) is 5.21. The molecule has 2 amide bonds. The normalized spacial score (nSPS) is 23.2. The van der Waals surface area contributed by atoms with E-state index >= 15 is 0 Å². The molecule has 0 aromatic carbocycles. The third-order valence-corrected chi connectivity index (χ3v) is 3.49. The van der Waals surface area contributed by atoms with Gasteiger partial charge in [0.05, 0.1) is 19.2 Å². The molecule has 0 aromatic rings. The minimum absolute atomic E-state index is 0.0240. The fraction of sp³-hybridized carbons (Fsp3) is 0.857. The summed E-state index contributed by atoms with van der Waals surface area (Å²) in [6.07, 6.45) is 2.23. The van der Waals surface area contributed by atoms with Crippen molar-refractivity contribution in [2.45, 2.75) is 39.7 Å². The highest BCUT2D eigenvalue weighted by Gasteiger charge is 2.35. The molecule has 0 aliphatic carbocycles. The lowest BCUT2D eigenvalue weighted by atomic mass is 9.78. The van der Waals surface area contributed by atoms with Gasteiger partial charge >= 0.3 is 0 Å². The van der Waals surface area contributed by atoms with Gasteiger partial charge in [0.25, 0.3) is 0 Å². The van der Waals surface area contributed by atoms with Crippen LogP contribution in [0.5, 0.6) is 0 Å². The van der Waals surface area contributed by atoms with Crippen LogP contribution in [0.1, 0.15) is 33.6 Å². The molecule has 6 heteroatoms. The predicted octanol–water partition coefficient (Wildman–Crippen LogP) is 0.0188. The second kappa shape index (κ2) is 7.59. The first-order valence-corrected chi connectivity index (χ1v) is 7.19. The van der Waals surface area contributed by atoms with Crippen molar-refractivity contribution >= 4 is 11.8 Å². The first-order chi connectivity index (χ1) is 9.34. The van der Waals surface area contributed by atoms with Gasteiger partial charge in [-0.1, -0.05) is 20.8 Å². The molecule has 1 fully saturated rings. The van der Waals surface area contributed by atoms with Gasteiger partial charge in [-0.3, -0.25) is 9.59 Å². The average molecular weight is 285 g/mol. The molecule has 4 N–H and O–H groups in total. The Bertz CT molecular complexity index is 339. The van der Waals surface area contributed by atoms with Crippen LogP contribution in [0.3, 0.4) is 0 Å². The van der Waals surface area contributed by atoms with Crippen LogP contribution in [0.15, 0.2) is 0 Å². The fourth-order valence-electron chi connectivity index (χ4n) is 2.57. The van der Waals surface area contributed by atoms with Crippen LogP contribution in [0.25, 0.3) is 0 Å². The summed E-state index contributed by atoms with van der Waals surface area (Å²) >= 11 is 0. The molecular formula is C14H27N3O3. The Kier molecular flexibility index (Phi) is 6.42. The molecule has 2 atom stereocenters. The fourth-order valence-corrected chi connectivity index (χ4v) is 2.57. The van der Waals surface area contributed by atoms with E-state index in [1.54, 1.807) is 0 Å². The lowest BCUT2D eigenvalue weighted by Gasteiger charge is -2.40. The molecule has 0 aromatic heterocycles. The number of hydrogen-bond donors (Lipinski definition) is 3. The van der Waals surface area contributed by atoms with Crippen molar-refractivity contribution in [1.82, 2.24) is 10.6 Å². The van der Waals surface area contributed by atoms with Gasteiger partial charge in [-0.05, 0) is 18.3 Å². The number of carbonyl (C=O) groups is 2. The molecule has 0 radical (unpaired) electrons. The number of ether oxygens (including phenoxy) is 1. The van der Waals surface area contributed by atoms with Crippen molar-refractivity contribution in [2.75, 3.05) is 26.2 Å². The van der Waals surface area contributed by atoms with Crippen molar-refractivity contribution in [3.05, 3.63) is 0 Å². The molecule has 0 bridgehead atoms. The highest BCUT2D eigenvalue weighted by molar-refractivity contribution is 5.85. The summed E-state index contributed by atoms with van der Waals surface area (Å²) in [7, 11) is 0. The molecule has 1 rings (SSSR count). The van der Waals surface area contributed by atoms with Crippen molar-refractivity contribution < 1.29 is 14.3 Å².